The summed E-state index contributed by atoms with van der Waals surface area (Å²) in [6, 6.07) is 13.2. The van der Waals surface area contributed by atoms with Gasteiger partial charge in [0.15, 0.2) is 0 Å². The van der Waals surface area contributed by atoms with E-state index in [2.05, 4.69) is 13.8 Å². The minimum Gasteiger partial charge on any atom is -0.496 e. The second-order valence-electron chi connectivity index (χ2n) is 6.50. The molecule has 4 heteroatoms. The molecule has 3 aromatic rings. The molecule has 0 atom stereocenters. The summed E-state index contributed by atoms with van der Waals surface area (Å²) in [5.74, 6) is 0.0383. The molecule has 0 unspecified atom stereocenters. The van der Waals surface area contributed by atoms with Crippen molar-refractivity contribution in [1.29, 1.82) is 0 Å². The Morgan fingerprint density at radius 2 is 1.88 bits per heavy atom. The number of aromatic nitrogens is 1. The predicted molar refractivity (Wildman–Crippen MR) is 99.5 cm³/mol. The molecular weight excluding hydrogens is 314 g/mol. The van der Waals surface area contributed by atoms with Crippen LogP contribution in [0.25, 0.3) is 22.2 Å². The third-order valence-electron chi connectivity index (χ3n) is 4.36. The van der Waals surface area contributed by atoms with E-state index < -0.39 is 5.97 Å². The van der Waals surface area contributed by atoms with E-state index in [1.165, 1.54) is 0 Å². The van der Waals surface area contributed by atoms with Crippen molar-refractivity contribution in [3.63, 3.8) is 0 Å². The molecule has 0 bridgehead atoms. The lowest BCUT2D eigenvalue weighted by Crippen LogP contribution is -2.02. The number of carbonyl (C=O) groups is 1. The van der Waals surface area contributed by atoms with Gasteiger partial charge < -0.3 is 9.84 Å². The molecule has 0 saturated heterocycles. The molecule has 1 N–H and O–H groups in total. The zero-order valence-electron chi connectivity index (χ0n) is 14.8. The number of aryl methyl sites for hydroxylation is 1. The summed E-state index contributed by atoms with van der Waals surface area (Å²) in [4.78, 5) is 16.5. The van der Waals surface area contributed by atoms with E-state index in [-0.39, 0.29) is 5.56 Å². The van der Waals surface area contributed by atoms with Crippen LogP contribution in [0.15, 0.2) is 42.5 Å². The van der Waals surface area contributed by atoms with Gasteiger partial charge >= 0.3 is 5.97 Å². The highest BCUT2D eigenvalue weighted by atomic mass is 16.5. The van der Waals surface area contributed by atoms with Crippen LogP contribution in [0.2, 0.25) is 0 Å². The summed E-state index contributed by atoms with van der Waals surface area (Å²) in [7, 11) is 1.60. The van der Waals surface area contributed by atoms with E-state index in [0.29, 0.717) is 28.3 Å². The van der Waals surface area contributed by atoms with Gasteiger partial charge in [-0.25, -0.2) is 9.78 Å². The first-order valence-electron chi connectivity index (χ1n) is 8.23. The summed E-state index contributed by atoms with van der Waals surface area (Å²) in [5.41, 5.74) is 4.47. The van der Waals surface area contributed by atoms with Crippen LogP contribution in [-0.2, 0) is 0 Å². The fourth-order valence-corrected chi connectivity index (χ4v) is 2.94. The molecule has 128 valence electrons. The van der Waals surface area contributed by atoms with Crippen molar-refractivity contribution in [1.82, 2.24) is 4.98 Å². The first kappa shape index (κ1) is 17.0. The fraction of sp³-hybridized carbons (Fsp3) is 0.238. The molecule has 2 aromatic carbocycles. The van der Waals surface area contributed by atoms with E-state index >= 15 is 0 Å². The number of benzene rings is 2. The second-order valence-corrected chi connectivity index (χ2v) is 6.50. The van der Waals surface area contributed by atoms with E-state index in [1.54, 1.807) is 13.2 Å². The molecule has 0 aliphatic rings. The van der Waals surface area contributed by atoms with Gasteiger partial charge in [-0.2, -0.15) is 0 Å². The first-order valence-corrected chi connectivity index (χ1v) is 8.23. The molecule has 0 amide bonds. The highest BCUT2D eigenvalue weighted by Gasteiger charge is 2.16. The van der Waals surface area contributed by atoms with E-state index in [0.717, 1.165) is 16.7 Å². The van der Waals surface area contributed by atoms with Crippen molar-refractivity contribution < 1.29 is 14.6 Å². The Labute approximate surface area is 147 Å². The summed E-state index contributed by atoms with van der Waals surface area (Å²) in [6.45, 7) is 6.15. The minimum atomic E-state index is -0.957. The molecule has 1 heterocycles. The highest BCUT2D eigenvalue weighted by molar-refractivity contribution is 6.04. The standard InChI is InChI=1S/C21H21NO3/c1-12(2)14-6-7-18-15(10-14)16(21(23)24)11-19(22-18)17-9-13(3)5-8-20(17)25-4/h5-12H,1-4H3,(H,23,24). The molecule has 0 radical (unpaired) electrons. The van der Waals surface area contributed by atoms with Crippen LogP contribution >= 0.6 is 0 Å². The lowest BCUT2D eigenvalue weighted by Gasteiger charge is -2.13. The maximum atomic E-state index is 11.8. The van der Waals surface area contributed by atoms with Crippen molar-refractivity contribution in [2.75, 3.05) is 7.11 Å². The predicted octanol–water partition coefficient (Wildman–Crippen LogP) is 5.04. The highest BCUT2D eigenvalue weighted by Crippen LogP contribution is 2.33. The zero-order valence-corrected chi connectivity index (χ0v) is 14.8. The van der Waals surface area contributed by atoms with Crippen molar-refractivity contribution in [3.8, 4) is 17.0 Å². The normalized spacial score (nSPS) is 11.1. The SMILES string of the molecule is COc1ccc(C)cc1-c1cc(C(=O)O)c2cc(C(C)C)ccc2n1. The van der Waals surface area contributed by atoms with Crippen LogP contribution in [-0.4, -0.2) is 23.2 Å². The lowest BCUT2D eigenvalue weighted by atomic mass is 9.97. The van der Waals surface area contributed by atoms with E-state index in [4.69, 9.17) is 9.72 Å². The van der Waals surface area contributed by atoms with Gasteiger partial charge in [-0.15, -0.1) is 0 Å². The van der Waals surface area contributed by atoms with Gasteiger partial charge in [0.25, 0.3) is 0 Å². The zero-order chi connectivity index (χ0) is 18.1. The number of hydrogen-bond acceptors (Lipinski definition) is 3. The van der Waals surface area contributed by atoms with Crippen LogP contribution in [0, 0.1) is 6.92 Å². The van der Waals surface area contributed by atoms with Gasteiger partial charge in [0.1, 0.15) is 5.75 Å². The Morgan fingerprint density at radius 1 is 1.12 bits per heavy atom. The van der Waals surface area contributed by atoms with Gasteiger partial charge in [0.05, 0.1) is 23.9 Å². The number of pyridine rings is 1. The molecule has 0 fully saturated rings. The summed E-state index contributed by atoms with van der Waals surface area (Å²) in [5, 5.41) is 10.4. The quantitative estimate of drug-likeness (QED) is 0.725. The Balaban J connectivity index is 2.30. The Bertz CT molecular complexity index is 961. The molecule has 0 aliphatic heterocycles. The molecule has 0 spiro atoms. The smallest absolute Gasteiger partial charge is 0.336 e. The number of methoxy groups -OCH3 is 1. The van der Waals surface area contributed by atoms with Gasteiger partial charge in [-0.05, 0) is 48.7 Å². The van der Waals surface area contributed by atoms with Gasteiger partial charge in [0.2, 0.25) is 0 Å². The minimum absolute atomic E-state index is 0.256. The number of fused-ring (bicyclic) bond motifs is 1. The number of ether oxygens (including phenoxy) is 1. The summed E-state index contributed by atoms with van der Waals surface area (Å²) in [6.07, 6.45) is 0. The maximum Gasteiger partial charge on any atom is 0.336 e. The molecule has 4 nitrogen and oxygen atoms in total. The first-order chi connectivity index (χ1) is 11.9. The number of aromatic carboxylic acids is 1. The second kappa shape index (κ2) is 6.55. The lowest BCUT2D eigenvalue weighted by molar-refractivity contribution is 0.0699. The van der Waals surface area contributed by atoms with Crippen LogP contribution < -0.4 is 4.74 Å². The molecular formula is C21H21NO3. The third kappa shape index (κ3) is 3.20. The number of carboxylic acid groups (broad SMARTS) is 1. The molecule has 1 aromatic heterocycles. The van der Waals surface area contributed by atoms with Crippen LogP contribution in [0.3, 0.4) is 0 Å². The number of carboxylic acids is 1. The summed E-state index contributed by atoms with van der Waals surface area (Å²) >= 11 is 0. The maximum absolute atomic E-state index is 11.8. The Kier molecular flexibility index (Phi) is 4.45. The molecule has 25 heavy (non-hydrogen) atoms. The average molecular weight is 335 g/mol. The molecule has 0 saturated carbocycles. The van der Waals surface area contributed by atoms with Gasteiger partial charge in [-0.3, -0.25) is 0 Å². The van der Waals surface area contributed by atoms with Crippen molar-refractivity contribution in [3.05, 3.63) is 59.2 Å². The summed E-state index contributed by atoms with van der Waals surface area (Å²) < 4.78 is 5.43. The van der Waals surface area contributed by atoms with Crippen molar-refractivity contribution in [2.45, 2.75) is 26.7 Å². The molecule has 3 rings (SSSR count). The fourth-order valence-electron chi connectivity index (χ4n) is 2.94. The van der Waals surface area contributed by atoms with Gasteiger partial charge in [-0.1, -0.05) is 31.5 Å². The van der Waals surface area contributed by atoms with Crippen molar-refractivity contribution >= 4 is 16.9 Å². The van der Waals surface area contributed by atoms with E-state index in [1.807, 2.05) is 43.3 Å². The van der Waals surface area contributed by atoms with E-state index in [9.17, 15) is 9.90 Å². The van der Waals surface area contributed by atoms with Crippen LogP contribution in [0.4, 0.5) is 0 Å². The van der Waals surface area contributed by atoms with Crippen LogP contribution in [0.5, 0.6) is 5.75 Å². The monoisotopic (exact) mass is 335 g/mol. The van der Waals surface area contributed by atoms with Crippen molar-refractivity contribution in [2.24, 2.45) is 0 Å². The topological polar surface area (TPSA) is 59.4 Å². The molecule has 0 aliphatic carbocycles. The Hall–Kier alpha value is -2.88. The number of rotatable bonds is 4. The number of nitrogens with zero attached hydrogens (tertiary/aromatic N) is 1. The van der Waals surface area contributed by atoms with Crippen LogP contribution in [0.1, 0.15) is 41.3 Å². The number of hydrogen-bond donors (Lipinski definition) is 1. The largest absolute Gasteiger partial charge is 0.496 e. The van der Waals surface area contributed by atoms with Gasteiger partial charge in [0, 0.05) is 10.9 Å². The Morgan fingerprint density at radius 3 is 2.52 bits per heavy atom. The third-order valence-corrected chi connectivity index (χ3v) is 4.36. The average Bonchev–Trinajstić information content (AvgIpc) is 2.59.